The van der Waals surface area contributed by atoms with Gasteiger partial charge in [0, 0.05) is 28.1 Å². The fraction of sp³-hybridized carbons (Fsp3) is 0.0789. The monoisotopic (exact) mass is 553 g/mol. The molecule has 1 aromatic heterocycles. The molecule has 0 bridgehead atoms. The van der Waals surface area contributed by atoms with Crippen LogP contribution in [0.2, 0.25) is 0 Å². The van der Waals surface area contributed by atoms with Gasteiger partial charge in [-0.3, -0.25) is 4.90 Å². The summed E-state index contributed by atoms with van der Waals surface area (Å²) in [5.41, 5.74) is 12.1. The average molecular weight is 554 g/mol. The molecule has 43 heavy (non-hydrogen) atoms. The van der Waals surface area contributed by atoms with Crippen LogP contribution in [0.1, 0.15) is 35.7 Å². The van der Waals surface area contributed by atoms with E-state index < -0.39 is 0 Å². The highest BCUT2D eigenvalue weighted by Gasteiger charge is 2.45. The average Bonchev–Trinajstić information content (AvgIpc) is 3.77. The van der Waals surface area contributed by atoms with Gasteiger partial charge in [-0.25, -0.2) is 4.98 Å². The maximum absolute atomic E-state index is 5.23. The van der Waals surface area contributed by atoms with Crippen LogP contribution in [0.4, 0.5) is 11.6 Å². The Morgan fingerprint density at radius 1 is 0.512 bits per heavy atom. The van der Waals surface area contributed by atoms with E-state index in [0.717, 1.165) is 35.4 Å². The van der Waals surface area contributed by atoms with Crippen molar-refractivity contribution >= 4 is 22.8 Å². The van der Waals surface area contributed by atoms with Crippen LogP contribution in [0.25, 0.3) is 33.9 Å². The molecule has 9 rings (SSSR count). The standard InChI is InChI=1S/C38H27N5/c1-4-13-25(14-5-1)35-39-36(26-15-6-2-7-16-26)41-38(40-35)43-33-24-12-20-29(33)31-22-10-21-30-28-19-11-23-32(28)42(37(43)34(30)31)27-17-8-3-9-18-27/h1-18,21-24,37H,19-20H2. The summed E-state index contributed by atoms with van der Waals surface area (Å²) in [6.45, 7) is 0. The summed E-state index contributed by atoms with van der Waals surface area (Å²) in [6, 6.07) is 37.9. The van der Waals surface area contributed by atoms with Crippen molar-refractivity contribution in [3.8, 4) is 22.8 Å². The van der Waals surface area contributed by atoms with Gasteiger partial charge in [0.25, 0.3) is 0 Å². The van der Waals surface area contributed by atoms with Gasteiger partial charge in [-0.15, -0.1) is 0 Å². The lowest BCUT2D eigenvalue weighted by Crippen LogP contribution is -2.46. The van der Waals surface area contributed by atoms with E-state index in [2.05, 4.69) is 107 Å². The van der Waals surface area contributed by atoms with E-state index in [9.17, 15) is 0 Å². The number of hydrogen-bond donors (Lipinski definition) is 0. The number of aromatic nitrogens is 3. The van der Waals surface area contributed by atoms with Gasteiger partial charge >= 0.3 is 0 Å². The van der Waals surface area contributed by atoms with Crippen molar-refractivity contribution in [2.24, 2.45) is 0 Å². The molecule has 0 N–H and O–H groups in total. The highest BCUT2D eigenvalue weighted by molar-refractivity contribution is 5.93. The van der Waals surface area contributed by atoms with Crippen LogP contribution >= 0.6 is 0 Å². The van der Waals surface area contributed by atoms with Crippen LogP contribution in [0, 0.1) is 0 Å². The van der Waals surface area contributed by atoms with Crippen molar-refractivity contribution in [2.75, 3.05) is 9.80 Å². The van der Waals surface area contributed by atoms with E-state index in [1.165, 1.54) is 33.5 Å². The molecule has 0 saturated heterocycles. The van der Waals surface area contributed by atoms with Crippen molar-refractivity contribution in [3.05, 3.63) is 162 Å². The summed E-state index contributed by atoms with van der Waals surface area (Å²) in [4.78, 5) is 20.3. The van der Waals surface area contributed by atoms with Gasteiger partial charge in [0.05, 0.1) is 5.70 Å². The molecule has 0 amide bonds. The first kappa shape index (κ1) is 24.1. The summed E-state index contributed by atoms with van der Waals surface area (Å²) in [6.07, 6.45) is 10.7. The lowest BCUT2D eigenvalue weighted by Gasteiger charge is -2.48. The molecule has 0 radical (unpaired) electrons. The second-order valence-electron chi connectivity index (χ2n) is 11.2. The van der Waals surface area contributed by atoms with Gasteiger partial charge in [-0.1, -0.05) is 109 Å². The van der Waals surface area contributed by atoms with Crippen LogP contribution in [-0.2, 0) is 0 Å². The number of rotatable bonds is 4. The second kappa shape index (κ2) is 9.50. The van der Waals surface area contributed by atoms with Crippen molar-refractivity contribution in [1.29, 1.82) is 0 Å². The Hall–Kier alpha value is -5.55. The van der Waals surface area contributed by atoms with Gasteiger partial charge in [-0.2, -0.15) is 9.97 Å². The molecule has 3 heterocycles. The number of para-hydroxylation sites is 1. The Bertz CT molecular complexity index is 1970. The zero-order chi connectivity index (χ0) is 28.3. The zero-order valence-corrected chi connectivity index (χ0v) is 23.4. The van der Waals surface area contributed by atoms with Gasteiger partial charge in [0.15, 0.2) is 11.6 Å². The minimum absolute atomic E-state index is 0.175. The molecule has 5 aromatic rings. The summed E-state index contributed by atoms with van der Waals surface area (Å²) in [7, 11) is 0. The van der Waals surface area contributed by atoms with Crippen LogP contribution in [0.3, 0.4) is 0 Å². The maximum atomic E-state index is 5.23. The Kier molecular flexibility index (Phi) is 5.32. The molecule has 0 saturated carbocycles. The molecule has 1 unspecified atom stereocenters. The van der Waals surface area contributed by atoms with E-state index in [0.29, 0.717) is 17.6 Å². The highest BCUT2D eigenvalue weighted by Crippen LogP contribution is 2.55. The molecule has 0 fully saturated rings. The lowest BCUT2D eigenvalue weighted by atomic mass is 9.82. The van der Waals surface area contributed by atoms with Crippen molar-refractivity contribution in [1.82, 2.24) is 15.0 Å². The predicted octanol–water partition coefficient (Wildman–Crippen LogP) is 8.59. The minimum atomic E-state index is -0.175. The first-order valence-corrected chi connectivity index (χ1v) is 14.8. The maximum Gasteiger partial charge on any atom is 0.236 e. The molecule has 204 valence electrons. The molecule has 1 atom stereocenters. The van der Waals surface area contributed by atoms with Crippen molar-refractivity contribution in [2.45, 2.75) is 19.0 Å². The summed E-state index contributed by atoms with van der Waals surface area (Å²) >= 11 is 0. The van der Waals surface area contributed by atoms with E-state index in [4.69, 9.17) is 15.0 Å². The normalized spacial score (nSPS) is 17.8. The highest BCUT2D eigenvalue weighted by atomic mass is 15.4. The topological polar surface area (TPSA) is 45.2 Å². The molecular weight excluding hydrogens is 526 g/mol. The first-order valence-electron chi connectivity index (χ1n) is 14.8. The molecule has 0 spiro atoms. The lowest BCUT2D eigenvalue weighted by molar-refractivity contribution is 0.638. The minimum Gasteiger partial charge on any atom is -0.316 e. The van der Waals surface area contributed by atoms with E-state index in [-0.39, 0.29) is 6.17 Å². The number of allylic oxidation sites excluding steroid dienone is 6. The summed E-state index contributed by atoms with van der Waals surface area (Å²) in [5, 5.41) is 0. The fourth-order valence-electron chi connectivity index (χ4n) is 6.93. The zero-order valence-electron chi connectivity index (χ0n) is 23.4. The molecule has 4 aliphatic rings. The third kappa shape index (κ3) is 3.68. The molecular formula is C38H27N5. The van der Waals surface area contributed by atoms with Crippen LogP contribution < -0.4 is 9.80 Å². The van der Waals surface area contributed by atoms with E-state index in [1.54, 1.807) is 0 Å². The first-order chi connectivity index (χ1) is 21.3. The van der Waals surface area contributed by atoms with Gasteiger partial charge in [0.2, 0.25) is 5.95 Å². The van der Waals surface area contributed by atoms with Crippen LogP contribution in [0.15, 0.2) is 145 Å². The van der Waals surface area contributed by atoms with E-state index >= 15 is 0 Å². The van der Waals surface area contributed by atoms with Gasteiger partial charge in [-0.05, 0) is 59.4 Å². The Morgan fingerprint density at radius 3 is 1.58 bits per heavy atom. The van der Waals surface area contributed by atoms with Gasteiger partial charge in [0.1, 0.15) is 6.17 Å². The number of anilines is 2. The molecule has 5 heteroatoms. The third-order valence-electron chi connectivity index (χ3n) is 8.77. The Labute approximate surface area is 250 Å². The molecule has 2 aliphatic carbocycles. The summed E-state index contributed by atoms with van der Waals surface area (Å²) in [5.74, 6) is 1.97. The Morgan fingerprint density at radius 2 is 1.02 bits per heavy atom. The molecule has 4 aromatic carbocycles. The van der Waals surface area contributed by atoms with Crippen LogP contribution in [-0.4, -0.2) is 15.0 Å². The molecule has 5 nitrogen and oxygen atoms in total. The van der Waals surface area contributed by atoms with Crippen molar-refractivity contribution < 1.29 is 0 Å². The van der Waals surface area contributed by atoms with Crippen LogP contribution in [0.5, 0.6) is 0 Å². The fourth-order valence-corrected chi connectivity index (χ4v) is 6.93. The smallest absolute Gasteiger partial charge is 0.236 e. The quantitative estimate of drug-likeness (QED) is 0.223. The number of benzene rings is 4. The van der Waals surface area contributed by atoms with E-state index in [1.807, 2.05) is 36.4 Å². The SMILES string of the molecule is C1=CC2=C(C1)c1cccc3c1C(N2c1ccccc1)N(c1nc(-c2ccccc2)nc(-c2ccccc2)n1)C1=C3CC=C1. The largest absolute Gasteiger partial charge is 0.316 e. The van der Waals surface area contributed by atoms with Gasteiger partial charge < -0.3 is 4.90 Å². The van der Waals surface area contributed by atoms with Crippen molar-refractivity contribution in [3.63, 3.8) is 0 Å². The second-order valence-corrected chi connectivity index (χ2v) is 11.2. The predicted molar refractivity (Wildman–Crippen MR) is 173 cm³/mol. The number of nitrogens with zero attached hydrogens (tertiary/aromatic N) is 5. The summed E-state index contributed by atoms with van der Waals surface area (Å²) < 4.78 is 0. The Balaban J connectivity index is 1.34. The number of fused-ring (bicyclic) bond motifs is 2. The third-order valence-corrected chi connectivity index (χ3v) is 8.77. The number of hydrogen-bond acceptors (Lipinski definition) is 5. The molecule has 2 aliphatic heterocycles.